The van der Waals surface area contributed by atoms with E-state index in [4.69, 9.17) is 4.74 Å². The molecule has 6 aliphatic rings. The van der Waals surface area contributed by atoms with Crippen molar-refractivity contribution in [2.24, 2.45) is 23.7 Å². The van der Waals surface area contributed by atoms with Crippen molar-refractivity contribution in [1.29, 1.82) is 0 Å². The van der Waals surface area contributed by atoms with E-state index in [1.165, 1.54) is 0 Å². The molecule has 7 rings (SSSR count). The van der Waals surface area contributed by atoms with Crippen LogP contribution >= 0.6 is 0 Å². The summed E-state index contributed by atoms with van der Waals surface area (Å²) in [4.78, 5) is 40.2. The Hall–Kier alpha value is -2.57. The molecule has 1 aromatic rings. The van der Waals surface area contributed by atoms with Gasteiger partial charge in [-0.05, 0) is 63.0 Å². The number of amides is 3. The molecule has 4 aliphatic carbocycles. The van der Waals surface area contributed by atoms with Gasteiger partial charge in [0.15, 0.2) is 5.72 Å². The summed E-state index contributed by atoms with van der Waals surface area (Å²) in [5.41, 5.74) is -0.0972. The summed E-state index contributed by atoms with van der Waals surface area (Å²) in [7, 11) is 0. The summed E-state index contributed by atoms with van der Waals surface area (Å²) >= 11 is 0. The van der Waals surface area contributed by atoms with Gasteiger partial charge in [0.05, 0.1) is 5.56 Å². The lowest BCUT2D eigenvalue weighted by molar-refractivity contribution is -0.147. The van der Waals surface area contributed by atoms with Crippen LogP contribution in [0.5, 0.6) is 5.75 Å². The third-order valence-corrected chi connectivity index (χ3v) is 8.38. The lowest BCUT2D eigenvalue weighted by atomic mass is 9.60. The Morgan fingerprint density at radius 3 is 2.56 bits per heavy atom. The molecule has 0 aromatic heterocycles. The number of carbonyl (C=O) groups is 3. The zero-order valence-corrected chi connectivity index (χ0v) is 18.3. The van der Waals surface area contributed by atoms with Gasteiger partial charge >= 0.3 is 0 Å². The lowest BCUT2D eigenvalue weighted by Gasteiger charge is -2.55. The fraction of sp³-hybridized carbons (Fsp3) is 0.640. The van der Waals surface area contributed by atoms with E-state index in [9.17, 15) is 14.4 Å². The molecule has 1 saturated heterocycles. The molecule has 4 atom stereocenters. The minimum Gasteiger partial charge on any atom is -0.467 e. The lowest BCUT2D eigenvalue weighted by Crippen LogP contribution is -2.67. The summed E-state index contributed by atoms with van der Waals surface area (Å²) in [5, 5.41) is 6.45. The number of nitrogens with one attached hydrogen (secondary N) is 2. The number of likely N-dealkylation sites (tertiary alicyclic amines) is 1. The van der Waals surface area contributed by atoms with Crippen LogP contribution in [0.25, 0.3) is 0 Å². The van der Waals surface area contributed by atoms with Gasteiger partial charge in [0.1, 0.15) is 5.75 Å². The van der Waals surface area contributed by atoms with Crippen molar-refractivity contribution in [1.82, 2.24) is 15.5 Å². The number of carbonyl (C=O) groups excluding carboxylic acids is 3. The van der Waals surface area contributed by atoms with Crippen molar-refractivity contribution in [3.8, 4) is 5.75 Å². The van der Waals surface area contributed by atoms with E-state index in [0.29, 0.717) is 23.6 Å². The number of hydrogen-bond donors (Lipinski definition) is 2. The average molecular weight is 438 g/mol. The van der Waals surface area contributed by atoms with E-state index in [-0.39, 0.29) is 41.5 Å². The molecule has 4 unspecified atom stereocenters. The van der Waals surface area contributed by atoms with Crippen LogP contribution in [-0.2, 0) is 9.59 Å². The number of hydrogen-bond acceptors (Lipinski definition) is 4. The number of rotatable bonds is 3. The Bertz CT molecular complexity index is 952. The van der Waals surface area contributed by atoms with Crippen LogP contribution in [0, 0.1) is 23.7 Å². The number of para-hydroxylation sites is 1. The molecule has 1 aromatic carbocycles. The van der Waals surface area contributed by atoms with E-state index in [2.05, 4.69) is 10.6 Å². The second-order valence-electron chi connectivity index (χ2n) is 10.4. The Morgan fingerprint density at radius 2 is 1.84 bits per heavy atom. The summed E-state index contributed by atoms with van der Waals surface area (Å²) in [6.45, 7) is 1.50. The molecule has 170 valence electrons. The maximum atomic E-state index is 13.2. The van der Waals surface area contributed by atoms with Gasteiger partial charge in [0, 0.05) is 43.3 Å². The minimum atomic E-state index is -0.681. The number of benzene rings is 1. The average Bonchev–Trinajstić information content (AvgIpc) is 3.65. The first kappa shape index (κ1) is 20.1. The smallest absolute Gasteiger partial charge is 0.258 e. The molecule has 7 heteroatoms. The fourth-order valence-electron chi connectivity index (χ4n) is 6.42. The molecular weight excluding hydrogens is 406 g/mol. The van der Waals surface area contributed by atoms with E-state index in [1.54, 1.807) is 6.07 Å². The molecule has 32 heavy (non-hydrogen) atoms. The van der Waals surface area contributed by atoms with Crippen molar-refractivity contribution in [3.05, 3.63) is 29.8 Å². The number of piperidine rings is 1. The highest BCUT2D eigenvalue weighted by Gasteiger charge is 2.57. The van der Waals surface area contributed by atoms with Crippen LogP contribution in [-0.4, -0.2) is 47.5 Å². The highest BCUT2D eigenvalue weighted by Crippen LogP contribution is 2.52. The molecule has 2 bridgehead atoms. The van der Waals surface area contributed by atoms with Crippen LogP contribution in [0.15, 0.2) is 24.3 Å². The SMILES string of the molecule is O=C1NC2(CC3CCC2CC3C(=O)NC2CCN(C(=O)C3CC3)CC2)Oc2ccccc21. The van der Waals surface area contributed by atoms with Crippen molar-refractivity contribution in [2.75, 3.05) is 13.1 Å². The van der Waals surface area contributed by atoms with Gasteiger partial charge in [-0.1, -0.05) is 12.1 Å². The zero-order chi connectivity index (χ0) is 21.9. The van der Waals surface area contributed by atoms with Crippen molar-refractivity contribution in [3.63, 3.8) is 0 Å². The van der Waals surface area contributed by atoms with E-state index >= 15 is 0 Å². The van der Waals surface area contributed by atoms with Gasteiger partial charge in [-0.2, -0.15) is 0 Å². The molecular formula is C25H31N3O4. The Balaban J connectivity index is 1.08. The topological polar surface area (TPSA) is 87.7 Å². The number of fused-ring (bicyclic) bond motifs is 3. The number of nitrogens with zero attached hydrogens (tertiary/aromatic N) is 1. The molecule has 4 saturated carbocycles. The quantitative estimate of drug-likeness (QED) is 0.761. The van der Waals surface area contributed by atoms with Crippen molar-refractivity contribution in [2.45, 2.75) is 63.1 Å². The Labute approximate surface area is 188 Å². The fourth-order valence-corrected chi connectivity index (χ4v) is 6.42. The predicted octanol–water partition coefficient (Wildman–Crippen LogP) is 2.46. The van der Waals surface area contributed by atoms with E-state index in [1.807, 2.05) is 23.1 Å². The van der Waals surface area contributed by atoms with Gasteiger partial charge in [0.2, 0.25) is 11.8 Å². The minimum absolute atomic E-state index is 0.0248. The standard InChI is InChI=1S/C25H31N3O4/c29-22(26-18-9-11-28(12-10-18)24(31)15-5-6-15)20-13-17-8-7-16(20)14-25(17)27-23(30)19-3-1-2-4-21(19)32-25/h1-4,15-18,20H,5-14H2,(H,26,29)(H,27,30). The Morgan fingerprint density at radius 1 is 1.06 bits per heavy atom. The highest BCUT2D eigenvalue weighted by molar-refractivity contribution is 5.98. The summed E-state index contributed by atoms with van der Waals surface area (Å²) in [6.07, 6.45) is 7.16. The van der Waals surface area contributed by atoms with Crippen molar-refractivity contribution < 1.29 is 19.1 Å². The second kappa shape index (κ2) is 7.49. The largest absolute Gasteiger partial charge is 0.467 e. The second-order valence-corrected chi connectivity index (χ2v) is 10.4. The number of ether oxygens (including phenoxy) is 1. The normalized spacial score (nSPS) is 33.9. The van der Waals surface area contributed by atoms with Crippen LogP contribution in [0.2, 0.25) is 0 Å². The maximum Gasteiger partial charge on any atom is 0.258 e. The summed E-state index contributed by atoms with van der Waals surface area (Å²) in [6, 6.07) is 7.55. The van der Waals surface area contributed by atoms with E-state index < -0.39 is 5.72 Å². The summed E-state index contributed by atoms with van der Waals surface area (Å²) < 4.78 is 6.40. The Kier molecular flexibility index (Phi) is 4.70. The molecule has 3 amide bonds. The molecule has 2 aliphatic heterocycles. The molecule has 2 N–H and O–H groups in total. The van der Waals surface area contributed by atoms with Crippen molar-refractivity contribution >= 4 is 17.7 Å². The van der Waals surface area contributed by atoms with Crippen LogP contribution in [0.1, 0.15) is 61.7 Å². The highest BCUT2D eigenvalue weighted by atomic mass is 16.5. The monoisotopic (exact) mass is 437 g/mol. The van der Waals surface area contributed by atoms with Gasteiger partial charge in [-0.25, -0.2) is 0 Å². The maximum absolute atomic E-state index is 13.2. The molecule has 1 spiro atoms. The molecule has 0 radical (unpaired) electrons. The third-order valence-electron chi connectivity index (χ3n) is 8.38. The van der Waals surface area contributed by atoms with Gasteiger partial charge in [0.25, 0.3) is 5.91 Å². The van der Waals surface area contributed by atoms with Crippen LogP contribution in [0.4, 0.5) is 0 Å². The van der Waals surface area contributed by atoms with Crippen LogP contribution < -0.4 is 15.4 Å². The predicted molar refractivity (Wildman–Crippen MR) is 117 cm³/mol. The molecule has 5 fully saturated rings. The van der Waals surface area contributed by atoms with Gasteiger partial charge in [-0.3, -0.25) is 14.4 Å². The van der Waals surface area contributed by atoms with E-state index in [0.717, 1.165) is 58.0 Å². The first-order valence-corrected chi connectivity index (χ1v) is 12.2. The van der Waals surface area contributed by atoms with Gasteiger partial charge in [-0.15, -0.1) is 0 Å². The summed E-state index contributed by atoms with van der Waals surface area (Å²) in [5.74, 6) is 1.61. The zero-order valence-electron chi connectivity index (χ0n) is 18.3. The molecule has 2 heterocycles. The third kappa shape index (κ3) is 3.37. The van der Waals surface area contributed by atoms with Gasteiger partial charge < -0.3 is 20.3 Å². The molecule has 7 nitrogen and oxygen atoms in total. The first-order chi connectivity index (χ1) is 15.5. The first-order valence-electron chi connectivity index (χ1n) is 12.2. The van der Waals surface area contributed by atoms with Crippen LogP contribution in [0.3, 0.4) is 0 Å².